The van der Waals surface area contributed by atoms with E-state index in [9.17, 15) is 0 Å². The Morgan fingerprint density at radius 2 is 0.667 bits per heavy atom. The molecule has 0 bridgehead atoms. The maximum absolute atomic E-state index is 3.97. The summed E-state index contributed by atoms with van der Waals surface area (Å²) in [6, 6.07) is 10.5. The third-order valence-corrected chi connectivity index (χ3v) is 2.76. The zero-order chi connectivity index (χ0) is 16.1. The average Bonchev–Trinajstić information content (AvgIpc) is 2.44. The zero-order valence-corrected chi connectivity index (χ0v) is 143. The maximum atomic E-state index is 3.97. The largest absolute Gasteiger partial charge is 1.00 e. The number of nitrogens with zero attached hydrogens (tertiary/aromatic N) is 1. The molecule has 0 atom stereocenters. The van der Waals surface area contributed by atoms with Gasteiger partial charge in [-0.25, -0.2) is 0 Å². The normalized spacial score (nSPS) is 2.68. The second-order valence-corrected chi connectivity index (χ2v) is 13.9. The van der Waals surface area contributed by atoms with E-state index in [1.165, 1.54) is 56.9 Å². The van der Waals surface area contributed by atoms with Crippen LogP contribution in [0.5, 0.6) is 0 Å². The summed E-state index contributed by atoms with van der Waals surface area (Å²) in [6.45, 7) is 8.24. The minimum Gasteiger partial charge on any atom is 1.00 e. The first-order chi connectivity index (χ1) is 9.64. The molecule has 0 fully saturated rings. The van der Waals surface area contributed by atoms with Crippen molar-refractivity contribution in [3.05, 3.63) is 35.6 Å². The first-order valence-electron chi connectivity index (χ1n) is 7.12. The molecule has 1 aromatic carbocycles. The zero-order valence-electron chi connectivity index (χ0n) is 42.8. The molecule has 1 rings (SSSR count). The second kappa shape index (κ2) is 342. The van der Waals surface area contributed by atoms with Crippen LogP contribution in [0.25, 0.3) is 5.32 Å². The number of benzene rings is 1. The second-order valence-electron chi connectivity index (χ2n) is 3.91. The van der Waals surface area contributed by atoms with Crippen LogP contribution in [-0.4, -0.2) is 120 Å². The minimum absolute atomic E-state index is 0. The molecule has 0 amide bonds. The van der Waals surface area contributed by atoms with Gasteiger partial charge in [-0.1, -0.05) is 13.8 Å². The third kappa shape index (κ3) is 375. The number of hydrogen-bond donors (Lipinski definition) is 0. The maximum Gasteiger partial charge on any atom is 1.00 e. The van der Waals surface area contributed by atoms with Crippen LogP contribution in [0.1, 0.15) is 33.6 Å². The molecule has 279 valence electrons. The van der Waals surface area contributed by atoms with Gasteiger partial charge >= 0.3 is 1110 Å². The predicted octanol–water partition coefficient (Wildman–Crippen LogP) is -119. The van der Waals surface area contributed by atoms with Crippen molar-refractivity contribution in [3.63, 3.8) is 0 Å². The van der Waals surface area contributed by atoms with Crippen LogP contribution in [-0.2, 0) is 8.26 Å². The Kier molecular flexibility index (Phi) is 1780. The molecule has 0 aliphatic rings. The van der Waals surface area contributed by atoms with Gasteiger partial charge < -0.3 is 324 Å². The standard InChI is InChI=1S/C6H5.C4H10N.C4H9.6BrH.Ca.4ClH.Co.4Cs.5FH.8HI.4K.6Li.Mg.4Na.4Rb/c1-2-4-6-5-3-1;1-3-5-4-2;1-3-4-2;;;;;;;;;;;;;;;;;;;;;;;;;;;;;;;;;;;;;;;;;;;;;;;;/h1-5H;3-4H2,1-2H3;1,3-4H2,2H3;6*1H;;4*1H;;;;;;13*1H;;;;;;;;;;;;;;;;;;;/q;-1;;;;;;;;+2;;;;;+2;4*+1;;;;;;;;;;;;;;4*+1;;5*+1;+2;;7*+1/p-23. The summed E-state index contributed by atoms with van der Waals surface area (Å²) in [5.74, 6) is 0. The molecule has 0 aliphatic heterocycles. The molecule has 0 unspecified atom stereocenters. The summed E-state index contributed by atoms with van der Waals surface area (Å²) < 4.78 is 1.46. The fourth-order valence-electron chi connectivity index (χ4n) is 1.11. The van der Waals surface area contributed by atoms with Crippen molar-refractivity contribution >= 4 is 150 Å². The van der Waals surface area contributed by atoms with Gasteiger partial charge in [0.05, 0.1) is 0 Å². The van der Waals surface area contributed by atoms with E-state index in [4.69, 9.17) is 0 Å². The van der Waals surface area contributed by atoms with E-state index < -0.39 is 0 Å². The minimum atomic E-state index is 0. The van der Waals surface area contributed by atoms with E-state index in [-0.39, 0.29) is 1280 Å². The van der Waals surface area contributed by atoms with E-state index >= 15 is 0 Å². The van der Waals surface area contributed by atoms with Gasteiger partial charge in [0, 0.05) is 0 Å². The molecule has 0 saturated carbocycles. The fourth-order valence-corrected chi connectivity index (χ4v) is 1.50. The summed E-state index contributed by atoms with van der Waals surface area (Å²) in [6.07, 6.45) is 2.73. The van der Waals surface area contributed by atoms with Crippen molar-refractivity contribution in [2.75, 3.05) is 13.1 Å². The van der Waals surface area contributed by atoms with Crippen LogP contribution < -0.4 is 1220 Å². The molecule has 63 heavy (non-hydrogen) atoms. The Balaban J connectivity index is -0.00000000114. The Morgan fingerprint density at radius 1 is 0.524 bits per heavy atom. The molecule has 0 N–H and O–H groups in total. The Labute approximate surface area is 1410 Å². The molecule has 0 heterocycles. The van der Waals surface area contributed by atoms with Crippen LogP contribution in [0.4, 0.5) is 0 Å². The van der Waals surface area contributed by atoms with Crippen molar-refractivity contribution in [3.8, 4) is 0 Å². The van der Waals surface area contributed by atoms with Gasteiger partial charge in [0.25, 0.3) is 0 Å². The van der Waals surface area contributed by atoms with Gasteiger partial charge in [0.2, 0.25) is 0 Å². The van der Waals surface area contributed by atoms with E-state index in [0.29, 0.717) is 0 Å². The monoisotopic (exact) mass is 3210 g/mol. The van der Waals surface area contributed by atoms with Gasteiger partial charge in [0.1, 0.15) is 0 Å². The van der Waals surface area contributed by atoms with Crippen molar-refractivity contribution in [1.82, 2.24) is 0 Å². The molecular formula is C14H24Br6CaCl4CoCs4F5I8K4Li6MgNNa4Rb4+2. The van der Waals surface area contributed by atoms with Gasteiger partial charge in [0.15, 0.2) is 0 Å². The quantitative estimate of drug-likeness (QED) is 0.162. The molecule has 0 spiro atoms. The number of hydrogen-bond acceptors (Lipinski definition) is 0. The van der Waals surface area contributed by atoms with Crippen molar-refractivity contribution < 1.29 is 1220 Å². The molecule has 1 aromatic rings. The van der Waals surface area contributed by atoms with E-state index in [0.717, 1.165) is 13.1 Å². The Hall–Kier alpha value is 40.8. The Morgan fingerprint density at radius 3 is 0.698 bits per heavy atom. The number of rotatable bonds is 4. The SMILES string of the molecule is CC[N-]CC.[Br-].[Br-].[Br-].[Br-].[Br-].[Br-].[Ca+2].[Cl-].[Cl-].[Cl-].[Cl-].[Cs+].[Cs+].[Cs+].[Cs+].[F-].[F-].[F-].[F-].[F-].[I-].[I-].[I-].[I-].[I-].[I-].[I][Co][I].[K+].[K+].[K+].[K+].[Li+].[Li+].[Li+].[Li+].[Li+].[Li][CH2]CCC.[Mg+2].[Na+].[Na+].[Na+].[Na][c]1ccccc1.[Rb+].[Rb+].[Rb+].[Rb+]. The molecule has 0 saturated heterocycles. The topological polar surface area (TPSA) is 14.1 Å². The number of unbranched alkanes of at least 4 members (excludes halogenated alkanes) is 1. The van der Waals surface area contributed by atoms with Gasteiger partial charge in [-0.15, -0.1) is 0 Å². The molecule has 49 heteroatoms. The molecule has 1 nitrogen and oxygen atoms in total. The van der Waals surface area contributed by atoms with Crippen molar-refractivity contribution in [2.24, 2.45) is 0 Å². The molecular weight excluding hydrogens is 3200 g/mol. The first-order valence-corrected chi connectivity index (χ1v) is 14.8. The van der Waals surface area contributed by atoms with Crippen molar-refractivity contribution in [1.29, 1.82) is 0 Å². The predicted molar refractivity (Wildman–Crippen MR) is 121 cm³/mol. The van der Waals surface area contributed by atoms with E-state index in [1.54, 1.807) is 0 Å². The van der Waals surface area contributed by atoms with Crippen LogP contribution in [0.2, 0.25) is 5.09 Å². The fraction of sp³-hybridized carbons (Fsp3) is 0.571. The van der Waals surface area contributed by atoms with Crippen LogP contribution >= 0.6 is 40.8 Å². The van der Waals surface area contributed by atoms with Gasteiger partial charge in [-0.05, 0) is 0 Å². The van der Waals surface area contributed by atoms with E-state index in [2.05, 4.69) is 95.1 Å². The van der Waals surface area contributed by atoms with Crippen LogP contribution in [0.3, 0.4) is 0 Å². The summed E-state index contributed by atoms with van der Waals surface area (Å²) >= 11 is 7.87. The molecule has 0 aromatic heterocycles. The third-order valence-electron chi connectivity index (χ3n) is 2.09. The first kappa shape index (κ1) is 328. The Bertz CT molecular complexity index is 419. The molecule has 0 aliphatic carbocycles. The van der Waals surface area contributed by atoms with Gasteiger partial charge in [-0.2, -0.15) is 13.1 Å². The summed E-state index contributed by atoms with van der Waals surface area (Å²) in [7, 11) is 1.38. The van der Waals surface area contributed by atoms with Crippen molar-refractivity contribution in [2.45, 2.75) is 38.7 Å². The number of halogens is 23. The molecule has 0 radical (unpaired) electrons. The van der Waals surface area contributed by atoms with Gasteiger partial charge in [-0.3, -0.25) is 0 Å². The summed E-state index contributed by atoms with van der Waals surface area (Å²) in [5, 5.41) is 5.32. The van der Waals surface area contributed by atoms with Crippen LogP contribution in [0.15, 0.2) is 30.3 Å². The smallest absolute Gasteiger partial charge is 1.00 e. The summed E-state index contributed by atoms with van der Waals surface area (Å²) in [4.78, 5) is 0. The average molecular weight is 3220 g/mol. The van der Waals surface area contributed by atoms with Crippen LogP contribution in [0, 0.1) is 0 Å². The van der Waals surface area contributed by atoms with E-state index in [1.807, 2.05) is 19.9 Å². The summed E-state index contributed by atoms with van der Waals surface area (Å²) in [5.41, 5.74) is 0.